The second-order valence-corrected chi connectivity index (χ2v) is 11.0. The van der Waals surface area contributed by atoms with Crippen LogP contribution in [0.5, 0.6) is 0 Å². The fourth-order valence-corrected chi connectivity index (χ4v) is 8.19. The zero-order valence-corrected chi connectivity index (χ0v) is 16.6. The molecule has 2 heterocycles. The minimum absolute atomic E-state index is 0.0396. The number of hydrogen-bond donors (Lipinski definition) is 0. The molecule has 1 amide bonds. The maximum Gasteiger partial charge on any atom is 0.248 e. The van der Waals surface area contributed by atoms with Gasteiger partial charge >= 0.3 is 0 Å². The maximum absolute atomic E-state index is 13.3. The van der Waals surface area contributed by atoms with E-state index in [4.69, 9.17) is 0 Å². The molecule has 27 heavy (non-hydrogen) atoms. The molecule has 4 rings (SSSR count). The number of sulfone groups is 1. The lowest BCUT2D eigenvalue weighted by molar-refractivity contribution is -0.118. The van der Waals surface area contributed by atoms with E-state index in [1.165, 1.54) is 43.2 Å². The second-order valence-electron chi connectivity index (χ2n) is 7.64. The Kier molecular flexibility index (Phi) is 5.29. The normalized spacial score (nSPS) is 29.2. The summed E-state index contributed by atoms with van der Waals surface area (Å²) in [6, 6.07) is 5.66. The first-order valence-electron chi connectivity index (χ1n) is 9.45. The summed E-state index contributed by atoms with van der Waals surface area (Å²) < 4.78 is 37.4. The standard InChI is InChI=1S/C19H23FN2O3S2/c20-14-6-8-15(9-7-14)22-16-11-27(24,25)12-17(16)26-19(22)21-18(23)10-13-4-2-1-3-5-13/h6-9,13,16-17H,1-5,10-12H2/t16-,17+/m0/s1. The van der Waals surface area contributed by atoms with Crippen LogP contribution < -0.4 is 4.90 Å². The van der Waals surface area contributed by atoms with Crippen molar-refractivity contribution in [1.82, 2.24) is 0 Å². The topological polar surface area (TPSA) is 66.8 Å². The van der Waals surface area contributed by atoms with Crippen molar-refractivity contribution in [2.75, 3.05) is 16.4 Å². The van der Waals surface area contributed by atoms with Gasteiger partial charge in [0.05, 0.1) is 17.5 Å². The Morgan fingerprint density at radius 3 is 2.56 bits per heavy atom. The van der Waals surface area contributed by atoms with Gasteiger partial charge in [-0.3, -0.25) is 4.79 Å². The average molecular weight is 411 g/mol. The van der Waals surface area contributed by atoms with E-state index in [0.29, 0.717) is 23.2 Å². The number of thioether (sulfide) groups is 1. The highest BCUT2D eigenvalue weighted by Gasteiger charge is 2.49. The summed E-state index contributed by atoms with van der Waals surface area (Å²) in [5, 5.41) is 0.411. The largest absolute Gasteiger partial charge is 0.316 e. The number of amides is 1. The molecule has 1 aliphatic carbocycles. The van der Waals surface area contributed by atoms with E-state index < -0.39 is 9.84 Å². The third kappa shape index (κ3) is 4.21. The Morgan fingerprint density at radius 1 is 1.15 bits per heavy atom. The highest BCUT2D eigenvalue weighted by atomic mass is 32.2. The summed E-state index contributed by atoms with van der Waals surface area (Å²) in [5.41, 5.74) is 0.678. The van der Waals surface area contributed by atoms with Gasteiger partial charge in [-0.2, -0.15) is 4.99 Å². The van der Waals surface area contributed by atoms with Crippen LogP contribution in [0.25, 0.3) is 0 Å². The van der Waals surface area contributed by atoms with E-state index in [9.17, 15) is 17.6 Å². The van der Waals surface area contributed by atoms with Gasteiger partial charge in [-0.1, -0.05) is 31.0 Å². The van der Waals surface area contributed by atoms with Gasteiger partial charge in [-0.15, -0.1) is 0 Å². The van der Waals surface area contributed by atoms with E-state index in [1.54, 1.807) is 12.1 Å². The van der Waals surface area contributed by atoms with Crippen LogP contribution >= 0.6 is 11.8 Å². The first-order valence-corrected chi connectivity index (χ1v) is 12.1. The highest BCUT2D eigenvalue weighted by molar-refractivity contribution is 8.16. The Hall–Kier alpha value is -1.41. The molecule has 1 saturated carbocycles. The summed E-state index contributed by atoms with van der Waals surface area (Å²) in [7, 11) is -3.11. The first kappa shape index (κ1) is 18.9. The van der Waals surface area contributed by atoms with Crippen LogP contribution in [0.2, 0.25) is 0 Å². The third-order valence-electron chi connectivity index (χ3n) is 5.58. The molecular weight excluding hydrogens is 387 g/mol. The number of aliphatic imine (C=N–C) groups is 1. The molecule has 0 bridgehead atoms. The number of rotatable bonds is 3. The van der Waals surface area contributed by atoms with Crippen molar-refractivity contribution in [3.8, 4) is 0 Å². The van der Waals surface area contributed by atoms with Crippen molar-refractivity contribution in [2.24, 2.45) is 10.9 Å². The predicted molar refractivity (Wildman–Crippen MR) is 106 cm³/mol. The minimum atomic E-state index is -3.11. The lowest BCUT2D eigenvalue weighted by Gasteiger charge is -2.24. The summed E-state index contributed by atoms with van der Waals surface area (Å²) in [4.78, 5) is 18.7. The van der Waals surface area contributed by atoms with Crippen LogP contribution in [0.4, 0.5) is 10.1 Å². The van der Waals surface area contributed by atoms with Crippen LogP contribution in [-0.4, -0.2) is 42.3 Å². The molecular formula is C19H23FN2O3S2. The van der Waals surface area contributed by atoms with Crippen LogP contribution in [-0.2, 0) is 14.6 Å². The van der Waals surface area contributed by atoms with Gasteiger partial charge in [0.25, 0.3) is 0 Å². The van der Waals surface area contributed by atoms with E-state index >= 15 is 0 Å². The molecule has 1 aromatic carbocycles. The highest BCUT2D eigenvalue weighted by Crippen LogP contribution is 2.41. The SMILES string of the molecule is O=C(CC1CCCCC1)N=C1S[C@@H]2CS(=O)(=O)C[C@@H]2N1c1ccc(F)cc1. The molecule has 3 fully saturated rings. The summed E-state index contributed by atoms with van der Waals surface area (Å²) in [6.45, 7) is 0. The molecule has 8 heteroatoms. The quantitative estimate of drug-likeness (QED) is 0.764. The molecule has 0 unspecified atom stereocenters. The number of hydrogen-bond acceptors (Lipinski definition) is 4. The molecule has 1 aromatic rings. The van der Waals surface area contributed by atoms with E-state index in [-0.39, 0.29) is 34.5 Å². The molecule has 5 nitrogen and oxygen atoms in total. The molecule has 0 spiro atoms. The van der Waals surface area contributed by atoms with Gasteiger partial charge in [0.1, 0.15) is 5.82 Å². The van der Waals surface area contributed by atoms with Gasteiger partial charge in [-0.25, -0.2) is 12.8 Å². The Morgan fingerprint density at radius 2 is 1.85 bits per heavy atom. The van der Waals surface area contributed by atoms with Crippen molar-refractivity contribution in [2.45, 2.75) is 49.8 Å². The number of nitrogens with zero attached hydrogens (tertiary/aromatic N) is 2. The van der Waals surface area contributed by atoms with Crippen LogP contribution in [0.15, 0.2) is 29.3 Å². The Bertz CT molecular complexity index is 848. The maximum atomic E-state index is 13.3. The Balaban J connectivity index is 1.58. The number of anilines is 1. The molecule has 0 aromatic heterocycles. The molecule has 146 valence electrons. The lowest BCUT2D eigenvalue weighted by atomic mass is 9.87. The van der Waals surface area contributed by atoms with Crippen molar-refractivity contribution in [3.63, 3.8) is 0 Å². The number of amidine groups is 1. The molecule has 2 atom stereocenters. The average Bonchev–Trinajstić information content (AvgIpc) is 3.07. The van der Waals surface area contributed by atoms with Crippen LogP contribution in [0, 0.1) is 11.7 Å². The van der Waals surface area contributed by atoms with Crippen molar-refractivity contribution >= 4 is 38.4 Å². The predicted octanol–water partition coefficient (Wildman–Crippen LogP) is 3.40. The van der Waals surface area contributed by atoms with Crippen molar-refractivity contribution in [1.29, 1.82) is 0 Å². The summed E-state index contributed by atoms with van der Waals surface area (Å²) >= 11 is 1.36. The number of carbonyl (C=O) groups excluding carboxylic acids is 1. The number of benzene rings is 1. The Labute approximate surface area is 163 Å². The number of carbonyl (C=O) groups is 1. The number of halogens is 1. The zero-order chi connectivity index (χ0) is 19.0. The lowest BCUT2D eigenvalue weighted by Crippen LogP contribution is -2.37. The molecule has 3 aliphatic rings. The second kappa shape index (κ2) is 7.54. The third-order valence-corrected chi connectivity index (χ3v) is 8.79. The van der Waals surface area contributed by atoms with E-state index in [2.05, 4.69) is 4.99 Å². The van der Waals surface area contributed by atoms with Gasteiger partial charge in [0, 0.05) is 17.4 Å². The fourth-order valence-electron chi connectivity index (χ4n) is 4.26. The summed E-state index contributed by atoms with van der Waals surface area (Å²) in [6.07, 6.45) is 6.20. The zero-order valence-electron chi connectivity index (χ0n) is 15.0. The first-order chi connectivity index (χ1) is 12.9. The molecule has 2 aliphatic heterocycles. The molecule has 2 saturated heterocycles. The van der Waals surface area contributed by atoms with Gasteiger partial charge in [0.15, 0.2) is 15.0 Å². The van der Waals surface area contributed by atoms with Crippen LogP contribution in [0.1, 0.15) is 38.5 Å². The van der Waals surface area contributed by atoms with E-state index in [0.717, 1.165) is 12.8 Å². The van der Waals surface area contributed by atoms with Gasteiger partial charge in [-0.05, 0) is 43.0 Å². The van der Waals surface area contributed by atoms with E-state index in [1.807, 2.05) is 4.90 Å². The number of fused-ring (bicyclic) bond motifs is 1. The van der Waals surface area contributed by atoms with Gasteiger partial charge < -0.3 is 4.90 Å². The minimum Gasteiger partial charge on any atom is -0.316 e. The molecule has 0 radical (unpaired) electrons. The van der Waals surface area contributed by atoms with Crippen molar-refractivity contribution in [3.05, 3.63) is 30.1 Å². The summed E-state index contributed by atoms with van der Waals surface area (Å²) in [5.74, 6) is 0.0434. The van der Waals surface area contributed by atoms with Gasteiger partial charge in [0.2, 0.25) is 5.91 Å². The van der Waals surface area contributed by atoms with Crippen molar-refractivity contribution < 1.29 is 17.6 Å². The van der Waals surface area contributed by atoms with Crippen LogP contribution in [0.3, 0.4) is 0 Å². The fraction of sp³-hybridized carbons (Fsp3) is 0.579. The monoisotopic (exact) mass is 410 g/mol. The smallest absolute Gasteiger partial charge is 0.248 e. The molecule has 0 N–H and O–H groups in total.